The third kappa shape index (κ3) is 3.80. The van der Waals surface area contributed by atoms with Crippen molar-refractivity contribution in [3.8, 4) is 0 Å². The van der Waals surface area contributed by atoms with Gasteiger partial charge in [-0.1, -0.05) is 41.5 Å². The molecule has 0 aromatic rings. The number of cyclic esters (lactones) is 1. The highest BCUT2D eigenvalue weighted by Crippen LogP contribution is 2.32. The van der Waals surface area contributed by atoms with Crippen molar-refractivity contribution in [2.75, 3.05) is 5.88 Å². The average Bonchev–Trinajstić information content (AvgIpc) is 2.50. The Balaban J connectivity index is 2.67. The van der Waals surface area contributed by atoms with Crippen LogP contribution in [0.2, 0.25) is 0 Å². The Morgan fingerprint density at radius 2 is 2.00 bits per heavy atom. The fraction of sp³-hybridized carbons (Fsp3) is 0.923. The van der Waals surface area contributed by atoms with Gasteiger partial charge in [-0.05, 0) is 12.3 Å². The fourth-order valence-electron chi connectivity index (χ4n) is 2.02. The molecule has 1 aliphatic heterocycles. The van der Waals surface area contributed by atoms with E-state index in [9.17, 15) is 4.79 Å². The minimum atomic E-state index is -0.146. The predicted octanol–water partition coefficient (Wildman–Crippen LogP) is 3.73. The molecule has 1 fully saturated rings. The van der Waals surface area contributed by atoms with Crippen LogP contribution in [0, 0.1) is 5.92 Å². The lowest BCUT2D eigenvalue weighted by atomic mass is 9.98. The largest absolute Gasteiger partial charge is 0.444 e. The smallest absolute Gasteiger partial charge is 0.411 e. The van der Waals surface area contributed by atoms with Crippen molar-refractivity contribution in [3.63, 3.8) is 0 Å². The molecule has 100 valence electrons. The van der Waals surface area contributed by atoms with E-state index in [1.807, 2.05) is 4.90 Å². The third-order valence-electron chi connectivity index (χ3n) is 2.96. The van der Waals surface area contributed by atoms with Crippen molar-refractivity contribution in [1.82, 2.24) is 4.90 Å². The predicted molar refractivity (Wildman–Crippen MR) is 73.2 cm³/mol. The van der Waals surface area contributed by atoms with Crippen LogP contribution in [-0.2, 0) is 4.74 Å². The van der Waals surface area contributed by atoms with Crippen LogP contribution in [0.3, 0.4) is 0 Å². The van der Waals surface area contributed by atoms with Crippen LogP contribution in [0.25, 0.3) is 0 Å². The minimum Gasteiger partial charge on any atom is -0.444 e. The van der Waals surface area contributed by atoms with Gasteiger partial charge in [0.2, 0.25) is 0 Å². The van der Waals surface area contributed by atoms with Gasteiger partial charge in [-0.3, -0.25) is 4.90 Å². The average molecular weight is 259 g/mol. The van der Waals surface area contributed by atoms with Crippen molar-refractivity contribution < 1.29 is 9.53 Å². The number of ether oxygens (including phenoxy) is 1. The summed E-state index contributed by atoms with van der Waals surface area (Å²) in [5.41, 5.74) is 0. The molecule has 0 radical (unpaired) electrons. The highest BCUT2D eigenvalue weighted by atomic mass is 32.2. The SMILES string of the molecule is CC[C@@H]1[C@@H](C(C)C)OC(=O)N1CSC(C)(C)C. The van der Waals surface area contributed by atoms with Crippen LogP contribution in [0.4, 0.5) is 4.79 Å². The molecule has 1 aliphatic rings. The summed E-state index contributed by atoms with van der Waals surface area (Å²) in [7, 11) is 0. The molecular formula is C13H25NO2S. The maximum atomic E-state index is 11.9. The number of thioether (sulfide) groups is 1. The Labute approximate surface area is 109 Å². The van der Waals surface area contributed by atoms with Gasteiger partial charge >= 0.3 is 6.09 Å². The summed E-state index contributed by atoms with van der Waals surface area (Å²) in [6.45, 7) is 12.8. The maximum absolute atomic E-state index is 11.9. The fourth-order valence-corrected chi connectivity index (χ4v) is 2.84. The lowest BCUT2D eigenvalue weighted by molar-refractivity contribution is 0.101. The second-order valence-electron chi connectivity index (χ2n) is 5.92. The van der Waals surface area contributed by atoms with E-state index in [4.69, 9.17) is 4.74 Å². The Kier molecular flexibility index (Phi) is 4.76. The summed E-state index contributed by atoms with van der Waals surface area (Å²) in [6, 6.07) is 0.234. The molecule has 0 aliphatic carbocycles. The number of hydrogen-bond donors (Lipinski definition) is 0. The Bertz CT molecular complexity index is 273. The highest BCUT2D eigenvalue weighted by Gasteiger charge is 2.42. The zero-order valence-corrected chi connectivity index (χ0v) is 12.6. The molecule has 0 saturated carbocycles. The molecule has 1 saturated heterocycles. The van der Waals surface area contributed by atoms with E-state index in [-0.39, 0.29) is 23.0 Å². The lowest BCUT2D eigenvalue weighted by Crippen LogP contribution is -2.38. The van der Waals surface area contributed by atoms with E-state index in [2.05, 4.69) is 41.5 Å². The number of hydrogen-bond acceptors (Lipinski definition) is 3. The molecule has 0 unspecified atom stereocenters. The van der Waals surface area contributed by atoms with E-state index in [1.165, 1.54) is 0 Å². The maximum Gasteiger partial charge on any atom is 0.411 e. The van der Waals surface area contributed by atoms with Crippen LogP contribution in [0.5, 0.6) is 0 Å². The molecule has 1 heterocycles. The van der Waals surface area contributed by atoms with Gasteiger partial charge in [0.15, 0.2) is 0 Å². The van der Waals surface area contributed by atoms with Crippen molar-refractivity contribution >= 4 is 17.9 Å². The van der Waals surface area contributed by atoms with Gasteiger partial charge < -0.3 is 4.74 Å². The van der Waals surface area contributed by atoms with Gasteiger partial charge in [0.25, 0.3) is 0 Å². The van der Waals surface area contributed by atoms with E-state index in [1.54, 1.807) is 11.8 Å². The number of carbonyl (C=O) groups is 1. The van der Waals surface area contributed by atoms with Gasteiger partial charge in [-0.25, -0.2) is 4.79 Å². The van der Waals surface area contributed by atoms with Crippen LogP contribution in [-0.4, -0.2) is 33.8 Å². The van der Waals surface area contributed by atoms with Gasteiger partial charge in [-0.15, -0.1) is 11.8 Å². The lowest BCUT2D eigenvalue weighted by Gasteiger charge is -2.27. The monoisotopic (exact) mass is 259 g/mol. The summed E-state index contributed by atoms with van der Waals surface area (Å²) in [5.74, 6) is 1.11. The first-order valence-corrected chi connectivity index (χ1v) is 7.36. The van der Waals surface area contributed by atoms with Crippen LogP contribution < -0.4 is 0 Å². The quantitative estimate of drug-likeness (QED) is 0.770. The first-order chi connectivity index (χ1) is 7.76. The zero-order chi connectivity index (χ0) is 13.2. The van der Waals surface area contributed by atoms with Gasteiger partial charge in [0, 0.05) is 4.75 Å². The number of nitrogens with zero attached hydrogens (tertiary/aromatic N) is 1. The first-order valence-electron chi connectivity index (χ1n) is 6.37. The standard InChI is InChI=1S/C13H25NO2S/c1-7-10-11(9(2)3)16-12(15)14(10)8-17-13(4,5)6/h9-11H,7-8H2,1-6H3/t10-,11-/m1/s1. The van der Waals surface area contributed by atoms with E-state index in [0.717, 1.165) is 12.3 Å². The van der Waals surface area contributed by atoms with Crippen LogP contribution in [0.15, 0.2) is 0 Å². The van der Waals surface area contributed by atoms with Crippen molar-refractivity contribution in [3.05, 3.63) is 0 Å². The Hall–Kier alpha value is -0.380. The molecule has 17 heavy (non-hydrogen) atoms. The van der Waals surface area contributed by atoms with Crippen molar-refractivity contribution in [1.29, 1.82) is 0 Å². The minimum absolute atomic E-state index is 0.0491. The summed E-state index contributed by atoms with van der Waals surface area (Å²) in [4.78, 5) is 13.8. The van der Waals surface area contributed by atoms with Crippen LogP contribution >= 0.6 is 11.8 Å². The van der Waals surface area contributed by atoms with E-state index in [0.29, 0.717) is 5.92 Å². The van der Waals surface area contributed by atoms with Gasteiger partial charge in [0.05, 0.1) is 11.9 Å². The molecule has 0 spiro atoms. The molecule has 1 rings (SSSR count). The zero-order valence-electron chi connectivity index (χ0n) is 11.8. The summed E-state index contributed by atoms with van der Waals surface area (Å²) < 4.78 is 5.65. The molecular weight excluding hydrogens is 234 g/mol. The second-order valence-corrected chi connectivity index (χ2v) is 7.70. The molecule has 0 bridgehead atoms. The highest BCUT2D eigenvalue weighted by molar-refractivity contribution is 8.00. The molecule has 0 aromatic carbocycles. The molecule has 0 N–H and O–H groups in total. The van der Waals surface area contributed by atoms with Crippen molar-refractivity contribution in [2.24, 2.45) is 5.92 Å². The van der Waals surface area contributed by atoms with E-state index >= 15 is 0 Å². The third-order valence-corrected chi connectivity index (χ3v) is 4.24. The molecule has 1 amide bonds. The first kappa shape index (κ1) is 14.7. The summed E-state index contributed by atoms with van der Waals surface area (Å²) in [5, 5.41) is 0. The summed E-state index contributed by atoms with van der Waals surface area (Å²) in [6.07, 6.45) is 0.861. The second kappa shape index (κ2) is 5.51. The van der Waals surface area contributed by atoms with Crippen molar-refractivity contribution in [2.45, 2.75) is 64.9 Å². The summed E-state index contributed by atoms with van der Waals surface area (Å²) >= 11 is 1.79. The molecule has 2 atom stereocenters. The molecule has 0 aromatic heterocycles. The topological polar surface area (TPSA) is 29.5 Å². The van der Waals surface area contributed by atoms with Gasteiger partial charge in [-0.2, -0.15) is 0 Å². The Morgan fingerprint density at radius 3 is 2.41 bits per heavy atom. The van der Waals surface area contributed by atoms with Gasteiger partial charge in [0.1, 0.15) is 6.10 Å². The number of carbonyl (C=O) groups excluding carboxylic acids is 1. The van der Waals surface area contributed by atoms with E-state index < -0.39 is 0 Å². The molecule has 3 nitrogen and oxygen atoms in total. The Morgan fingerprint density at radius 1 is 1.41 bits per heavy atom. The molecule has 4 heteroatoms. The number of rotatable bonds is 4. The normalized spacial score (nSPS) is 25.6. The number of amides is 1. The van der Waals surface area contributed by atoms with Crippen LogP contribution in [0.1, 0.15) is 48.0 Å².